The zero-order valence-electron chi connectivity index (χ0n) is 13.1. The second kappa shape index (κ2) is 6.89. The molecule has 2 aromatic carbocycles. The molecule has 2 aromatic rings. The predicted molar refractivity (Wildman–Crippen MR) is 87.3 cm³/mol. The van der Waals surface area contributed by atoms with Gasteiger partial charge in [0, 0.05) is 18.2 Å². The summed E-state index contributed by atoms with van der Waals surface area (Å²) in [5.74, 6) is -1.92. The first-order valence-electron chi connectivity index (χ1n) is 7.70. The highest BCUT2D eigenvalue weighted by molar-refractivity contribution is 7.89. The van der Waals surface area contributed by atoms with Crippen molar-refractivity contribution in [2.75, 3.05) is 0 Å². The van der Waals surface area contributed by atoms with Crippen LogP contribution in [0.2, 0.25) is 0 Å². The molecule has 0 atom stereocenters. The van der Waals surface area contributed by atoms with E-state index in [0.29, 0.717) is 18.4 Å². The number of carbonyl (C=O) groups excluding carboxylic acids is 1. The second-order valence-corrected chi connectivity index (χ2v) is 7.54. The lowest BCUT2D eigenvalue weighted by atomic mass is 10.2. The molecule has 0 heterocycles. The fourth-order valence-corrected chi connectivity index (χ4v) is 3.67. The van der Waals surface area contributed by atoms with Crippen molar-refractivity contribution < 1.29 is 22.0 Å². The minimum Gasteiger partial charge on any atom is -0.348 e. The van der Waals surface area contributed by atoms with Gasteiger partial charge >= 0.3 is 0 Å². The van der Waals surface area contributed by atoms with E-state index >= 15 is 0 Å². The van der Waals surface area contributed by atoms with E-state index in [2.05, 4.69) is 10.0 Å². The minimum absolute atomic E-state index is 0.00831. The van der Waals surface area contributed by atoms with Crippen molar-refractivity contribution in [1.29, 1.82) is 0 Å². The number of rotatable bonds is 6. The Morgan fingerprint density at radius 2 is 1.88 bits per heavy atom. The first-order chi connectivity index (χ1) is 11.8. The van der Waals surface area contributed by atoms with Crippen LogP contribution >= 0.6 is 0 Å². The number of halogens is 2. The van der Waals surface area contributed by atoms with Crippen molar-refractivity contribution >= 4 is 15.9 Å². The van der Waals surface area contributed by atoms with Crippen LogP contribution in [0.1, 0.15) is 28.8 Å². The van der Waals surface area contributed by atoms with Crippen LogP contribution in [0.3, 0.4) is 0 Å². The number of sulfonamides is 1. The van der Waals surface area contributed by atoms with Gasteiger partial charge in [0.15, 0.2) is 0 Å². The summed E-state index contributed by atoms with van der Waals surface area (Å²) in [4.78, 5) is 11.6. The molecule has 0 bridgehead atoms. The van der Waals surface area contributed by atoms with Gasteiger partial charge in [0.2, 0.25) is 10.0 Å². The molecule has 1 amide bonds. The first-order valence-corrected chi connectivity index (χ1v) is 9.18. The normalized spacial score (nSPS) is 14.3. The zero-order valence-corrected chi connectivity index (χ0v) is 13.9. The van der Waals surface area contributed by atoms with E-state index in [-0.39, 0.29) is 18.2 Å². The van der Waals surface area contributed by atoms with Crippen molar-refractivity contribution in [1.82, 2.24) is 10.0 Å². The highest BCUT2D eigenvalue weighted by Crippen LogP contribution is 2.24. The van der Waals surface area contributed by atoms with Crippen LogP contribution in [0.25, 0.3) is 0 Å². The molecule has 5 nitrogen and oxygen atoms in total. The van der Waals surface area contributed by atoms with Gasteiger partial charge in [0.1, 0.15) is 16.5 Å². The topological polar surface area (TPSA) is 75.3 Å². The Hall–Kier alpha value is -2.32. The molecular formula is C17H16F2N2O3S. The number of hydrogen-bond acceptors (Lipinski definition) is 3. The Morgan fingerprint density at radius 3 is 2.56 bits per heavy atom. The number of carbonyl (C=O) groups is 1. The third-order valence-corrected chi connectivity index (χ3v) is 5.26. The highest BCUT2D eigenvalue weighted by atomic mass is 32.2. The van der Waals surface area contributed by atoms with Gasteiger partial charge in [-0.1, -0.05) is 12.1 Å². The molecule has 1 aliphatic rings. The molecule has 3 rings (SSSR count). The van der Waals surface area contributed by atoms with Crippen molar-refractivity contribution in [2.24, 2.45) is 0 Å². The van der Waals surface area contributed by atoms with E-state index in [1.165, 1.54) is 24.3 Å². The van der Waals surface area contributed by atoms with Crippen LogP contribution in [-0.2, 0) is 16.6 Å². The molecule has 8 heteroatoms. The van der Waals surface area contributed by atoms with Gasteiger partial charge in [0.25, 0.3) is 5.91 Å². The van der Waals surface area contributed by atoms with Gasteiger partial charge < -0.3 is 5.32 Å². The quantitative estimate of drug-likeness (QED) is 0.824. The van der Waals surface area contributed by atoms with Crippen LogP contribution in [-0.4, -0.2) is 20.4 Å². The van der Waals surface area contributed by atoms with Crippen molar-refractivity contribution in [3.63, 3.8) is 0 Å². The molecule has 1 saturated carbocycles. The maximum atomic E-state index is 13.9. The van der Waals surface area contributed by atoms with Gasteiger partial charge in [-0.15, -0.1) is 0 Å². The lowest BCUT2D eigenvalue weighted by molar-refractivity contribution is 0.0950. The summed E-state index contributed by atoms with van der Waals surface area (Å²) in [5, 5.41) is 2.55. The van der Waals surface area contributed by atoms with Crippen LogP contribution in [0.4, 0.5) is 8.78 Å². The smallest absolute Gasteiger partial charge is 0.251 e. The third-order valence-electron chi connectivity index (χ3n) is 3.72. The molecule has 132 valence electrons. The van der Waals surface area contributed by atoms with E-state index in [9.17, 15) is 22.0 Å². The monoisotopic (exact) mass is 366 g/mol. The van der Waals surface area contributed by atoms with Gasteiger partial charge in [-0.25, -0.2) is 21.9 Å². The van der Waals surface area contributed by atoms with E-state index < -0.39 is 32.5 Å². The molecule has 2 N–H and O–H groups in total. The molecule has 1 aliphatic carbocycles. The largest absolute Gasteiger partial charge is 0.348 e. The maximum Gasteiger partial charge on any atom is 0.251 e. The average Bonchev–Trinajstić information content (AvgIpc) is 3.36. The maximum absolute atomic E-state index is 13.9. The Bertz CT molecular complexity index is 912. The summed E-state index contributed by atoms with van der Waals surface area (Å²) in [5.41, 5.74) is 0.563. The summed E-state index contributed by atoms with van der Waals surface area (Å²) in [6.45, 7) is 0.0659. The number of nitrogens with one attached hydrogen (secondary N) is 2. The van der Waals surface area contributed by atoms with E-state index in [4.69, 9.17) is 0 Å². The lowest BCUT2D eigenvalue weighted by Crippen LogP contribution is -2.28. The predicted octanol–water partition coefficient (Wildman–Crippen LogP) is 2.34. The number of benzene rings is 2. The SMILES string of the molecule is O=C(NCc1cccc(F)c1)c1ccc(F)c(S(=O)(=O)NC2CC2)c1. The Labute approximate surface area is 144 Å². The third kappa shape index (κ3) is 4.40. The minimum atomic E-state index is -4.01. The van der Waals surface area contributed by atoms with Crippen molar-refractivity contribution in [3.8, 4) is 0 Å². The van der Waals surface area contributed by atoms with Gasteiger partial charge in [-0.2, -0.15) is 0 Å². The van der Waals surface area contributed by atoms with Crippen LogP contribution in [0.5, 0.6) is 0 Å². The molecule has 0 aliphatic heterocycles. The standard InChI is InChI=1S/C17H16F2N2O3S/c18-13-3-1-2-11(8-13)10-20-17(22)12-4-7-15(19)16(9-12)25(23,24)21-14-5-6-14/h1-4,7-9,14,21H,5-6,10H2,(H,20,22). The molecule has 1 fully saturated rings. The molecular weight excluding hydrogens is 350 g/mol. The van der Waals surface area contributed by atoms with E-state index in [1.54, 1.807) is 6.07 Å². The summed E-state index contributed by atoms with van der Waals surface area (Å²) >= 11 is 0. The summed E-state index contributed by atoms with van der Waals surface area (Å²) < 4.78 is 53.7. The molecule has 0 unspecified atom stereocenters. The number of hydrogen-bond donors (Lipinski definition) is 2. The zero-order chi connectivity index (χ0) is 18.0. The van der Waals surface area contributed by atoms with Crippen molar-refractivity contribution in [3.05, 3.63) is 65.2 Å². The summed E-state index contributed by atoms with van der Waals surface area (Å²) in [6.07, 6.45) is 1.43. The summed E-state index contributed by atoms with van der Waals surface area (Å²) in [6, 6.07) is 8.70. The Kier molecular flexibility index (Phi) is 4.82. The Balaban J connectivity index is 1.75. The fraction of sp³-hybridized carbons (Fsp3) is 0.235. The van der Waals surface area contributed by atoms with E-state index in [1.807, 2.05) is 0 Å². The molecule has 0 spiro atoms. The molecule has 0 saturated heterocycles. The first kappa shape index (κ1) is 17.5. The van der Waals surface area contributed by atoms with Gasteiger partial charge in [-0.3, -0.25) is 4.79 Å². The van der Waals surface area contributed by atoms with Crippen LogP contribution in [0, 0.1) is 11.6 Å². The fourth-order valence-electron chi connectivity index (χ4n) is 2.27. The van der Waals surface area contributed by atoms with Gasteiger partial charge in [0.05, 0.1) is 0 Å². The highest BCUT2D eigenvalue weighted by Gasteiger charge is 2.30. The molecule has 25 heavy (non-hydrogen) atoms. The number of amides is 1. The Morgan fingerprint density at radius 1 is 1.12 bits per heavy atom. The van der Waals surface area contributed by atoms with Crippen LogP contribution in [0.15, 0.2) is 47.4 Å². The van der Waals surface area contributed by atoms with Crippen molar-refractivity contribution in [2.45, 2.75) is 30.3 Å². The van der Waals surface area contributed by atoms with E-state index in [0.717, 1.165) is 12.1 Å². The average molecular weight is 366 g/mol. The second-order valence-electron chi connectivity index (χ2n) is 5.85. The summed E-state index contributed by atoms with van der Waals surface area (Å²) in [7, 11) is -4.01. The van der Waals surface area contributed by atoms with Gasteiger partial charge in [-0.05, 0) is 48.7 Å². The molecule has 0 radical (unpaired) electrons. The van der Waals surface area contributed by atoms with Crippen LogP contribution < -0.4 is 10.0 Å². The lowest BCUT2D eigenvalue weighted by Gasteiger charge is -2.10. The molecule has 0 aromatic heterocycles.